The van der Waals surface area contributed by atoms with Gasteiger partial charge in [0.15, 0.2) is 5.16 Å². The maximum atomic E-state index is 13.8. The summed E-state index contributed by atoms with van der Waals surface area (Å²) in [5.41, 5.74) is 2.34. The predicted octanol–water partition coefficient (Wildman–Crippen LogP) is 4.19. The number of rotatable bonds is 7. The van der Waals surface area contributed by atoms with E-state index in [2.05, 4.69) is 17.1 Å². The summed E-state index contributed by atoms with van der Waals surface area (Å²) < 4.78 is 28.7. The van der Waals surface area contributed by atoms with Gasteiger partial charge < -0.3 is 9.67 Å². The van der Waals surface area contributed by atoms with Crippen LogP contribution in [0.5, 0.6) is 0 Å². The zero-order valence-corrected chi connectivity index (χ0v) is 14.3. The quantitative estimate of drug-likeness (QED) is 0.642. The fourth-order valence-electron chi connectivity index (χ4n) is 2.54. The molecular weight excluding hydrogens is 342 g/mol. The van der Waals surface area contributed by atoms with Gasteiger partial charge in [0.25, 0.3) is 0 Å². The first kappa shape index (κ1) is 17.6. The van der Waals surface area contributed by atoms with Gasteiger partial charge in [-0.2, -0.15) is 0 Å². The maximum absolute atomic E-state index is 13.8. The molecule has 0 bridgehead atoms. The third-order valence-electron chi connectivity index (χ3n) is 3.90. The molecule has 1 aromatic heterocycles. The molecule has 1 N–H and O–H groups in total. The summed E-state index contributed by atoms with van der Waals surface area (Å²) in [5.74, 6) is -0.797. The summed E-state index contributed by atoms with van der Waals surface area (Å²) in [4.78, 5) is 4.33. The number of aromatic nitrogens is 2. The molecule has 0 unspecified atom stereocenters. The van der Waals surface area contributed by atoms with E-state index in [0.29, 0.717) is 23.0 Å². The van der Waals surface area contributed by atoms with Crippen LogP contribution in [-0.4, -0.2) is 14.7 Å². The van der Waals surface area contributed by atoms with Crippen LogP contribution in [0.4, 0.5) is 8.78 Å². The minimum Gasteiger partial charge on any atom is -0.390 e. The zero-order chi connectivity index (χ0) is 17.6. The zero-order valence-electron chi connectivity index (χ0n) is 13.5. The van der Waals surface area contributed by atoms with Crippen LogP contribution in [0.25, 0.3) is 0 Å². The molecule has 0 atom stereocenters. The lowest BCUT2D eigenvalue weighted by atomic mass is 10.1. The molecule has 25 heavy (non-hydrogen) atoms. The summed E-state index contributed by atoms with van der Waals surface area (Å²) in [6.45, 7) is 0.571. The van der Waals surface area contributed by atoms with Crippen molar-refractivity contribution in [3.05, 3.63) is 83.2 Å². The number of imidazole rings is 1. The van der Waals surface area contributed by atoms with Crippen molar-refractivity contribution in [2.75, 3.05) is 0 Å². The first-order valence-corrected chi connectivity index (χ1v) is 8.92. The number of aliphatic hydroxyl groups is 1. The Balaban J connectivity index is 1.72. The van der Waals surface area contributed by atoms with Crippen molar-refractivity contribution in [1.29, 1.82) is 0 Å². The van der Waals surface area contributed by atoms with Gasteiger partial charge in [-0.25, -0.2) is 13.8 Å². The average Bonchev–Trinajstić information content (AvgIpc) is 3.02. The molecule has 3 aromatic rings. The molecule has 1 heterocycles. The van der Waals surface area contributed by atoms with Crippen molar-refractivity contribution in [2.45, 2.75) is 30.5 Å². The molecule has 3 nitrogen and oxygen atoms in total. The Hall–Kier alpha value is -2.18. The number of nitrogens with zero attached hydrogens (tertiary/aromatic N) is 2. The van der Waals surface area contributed by atoms with Crippen LogP contribution >= 0.6 is 11.8 Å². The predicted molar refractivity (Wildman–Crippen MR) is 94.2 cm³/mol. The molecule has 0 saturated carbocycles. The minimum atomic E-state index is -0.585. The van der Waals surface area contributed by atoms with E-state index in [1.807, 2.05) is 22.8 Å². The summed E-state index contributed by atoms with van der Waals surface area (Å²) in [6.07, 6.45) is 2.44. The van der Waals surface area contributed by atoms with E-state index < -0.39 is 11.6 Å². The van der Waals surface area contributed by atoms with Crippen LogP contribution in [0.3, 0.4) is 0 Å². The SMILES string of the molecule is OCc1cnc(SCc2ccc(F)cc2F)n1CCc1ccccc1. The second-order valence-electron chi connectivity index (χ2n) is 5.60. The smallest absolute Gasteiger partial charge is 0.168 e. The molecule has 0 aliphatic rings. The molecule has 3 rings (SSSR count). The highest BCUT2D eigenvalue weighted by atomic mass is 32.2. The summed E-state index contributed by atoms with van der Waals surface area (Å²) in [7, 11) is 0. The lowest BCUT2D eigenvalue weighted by Gasteiger charge is -2.11. The monoisotopic (exact) mass is 360 g/mol. The van der Waals surface area contributed by atoms with E-state index in [1.165, 1.54) is 29.5 Å². The van der Waals surface area contributed by atoms with Crippen LogP contribution in [0.2, 0.25) is 0 Å². The molecule has 0 saturated heterocycles. The minimum absolute atomic E-state index is 0.104. The molecule has 0 aliphatic heterocycles. The molecular formula is C19H18F2N2OS. The van der Waals surface area contributed by atoms with Crippen LogP contribution in [0, 0.1) is 11.6 Å². The number of aliphatic hydroxyl groups excluding tert-OH is 1. The van der Waals surface area contributed by atoms with E-state index >= 15 is 0 Å². The van der Waals surface area contributed by atoms with E-state index in [9.17, 15) is 13.9 Å². The van der Waals surface area contributed by atoms with Gasteiger partial charge in [-0.3, -0.25) is 0 Å². The van der Waals surface area contributed by atoms with E-state index in [4.69, 9.17) is 0 Å². The third-order valence-corrected chi connectivity index (χ3v) is 4.94. The Morgan fingerprint density at radius 1 is 1.08 bits per heavy atom. The molecule has 0 amide bonds. The fraction of sp³-hybridized carbons (Fsp3) is 0.211. The van der Waals surface area contributed by atoms with Gasteiger partial charge >= 0.3 is 0 Å². The Bertz CT molecular complexity index is 837. The van der Waals surface area contributed by atoms with Gasteiger partial charge in [0.2, 0.25) is 0 Å². The standard InChI is InChI=1S/C19H18F2N2OS/c20-16-7-6-15(18(21)10-16)13-25-19-22-11-17(12-24)23(19)9-8-14-4-2-1-3-5-14/h1-7,10-11,24H,8-9,12-13H2. The Morgan fingerprint density at radius 3 is 2.60 bits per heavy atom. The molecule has 2 aromatic carbocycles. The van der Waals surface area contributed by atoms with Crippen molar-refractivity contribution in [2.24, 2.45) is 0 Å². The number of hydrogen-bond acceptors (Lipinski definition) is 3. The fourth-order valence-corrected chi connectivity index (χ4v) is 3.55. The summed E-state index contributed by atoms with van der Waals surface area (Å²) in [5, 5.41) is 10.2. The topological polar surface area (TPSA) is 38.1 Å². The highest BCUT2D eigenvalue weighted by molar-refractivity contribution is 7.98. The molecule has 0 radical (unpaired) electrons. The van der Waals surface area contributed by atoms with Gasteiger partial charge in [-0.15, -0.1) is 0 Å². The van der Waals surface area contributed by atoms with Gasteiger partial charge in [0.1, 0.15) is 11.6 Å². The first-order chi connectivity index (χ1) is 12.2. The number of halogens is 2. The number of hydrogen-bond donors (Lipinski definition) is 1. The van der Waals surface area contributed by atoms with Crippen molar-refractivity contribution >= 4 is 11.8 Å². The molecule has 130 valence electrons. The molecule has 6 heteroatoms. The number of thioether (sulfide) groups is 1. The third kappa shape index (κ3) is 4.46. The Labute approximate surface area is 149 Å². The van der Waals surface area contributed by atoms with Crippen molar-refractivity contribution in [1.82, 2.24) is 9.55 Å². The van der Waals surface area contributed by atoms with Crippen molar-refractivity contribution in [3.8, 4) is 0 Å². The maximum Gasteiger partial charge on any atom is 0.168 e. The number of benzene rings is 2. The van der Waals surface area contributed by atoms with Crippen molar-refractivity contribution in [3.63, 3.8) is 0 Å². The lowest BCUT2D eigenvalue weighted by Crippen LogP contribution is -2.07. The van der Waals surface area contributed by atoms with Crippen LogP contribution < -0.4 is 0 Å². The largest absolute Gasteiger partial charge is 0.390 e. The lowest BCUT2D eigenvalue weighted by molar-refractivity contribution is 0.269. The highest BCUT2D eigenvalue weighted by Crippen LogP contribution is 2.25. The van der Waals surface area contributed by atoms with Gasteiger partial charge in [-0.05, 0) is 23.6 Å². The second kappa shape index (κ2) is 8.27. The average molecular weight is 360 g/mol. The van der Waals surface area contributed by atoms with Crippen LogP contribution in [0.15, 0.2) is 59.9 Å². The Kier molecular flexibility index (Phi) is 5.83. The van der Waals surface area contributed by atoms with Crippen molar-refractivity contribution < 1.29 is 13.9 Å². The second-order valence-corrected chi connectivity index (χ2v) is 6.54. The summed E-state index contributed by atoms with van der Waals surface area (Å²) >= 11 is 1.37. The van der Waals surface area contributed by atoms with Crippen LogP contribution in [0.1, 0.15) is 16.8 Å². The van der Waals surface area contributed by atoms with E-state index in [0.717, 1.165) is 18.2 Å². The van der Waals surface area contributed by atoms with Gasteiger partial charge in [-0.1, -0.05) is 48.2 Å². The van der Waals surface area contributed by atoms with Gasteiger partial charge in [0, 0.05) is 18.4 Å². The first-order valence-electron chi connectivity index (χ1n) is 7.93. The summed E-state index contributed by atoms with van der Waals surface area (Å²) in [6, 6.07) is 13.6. The Morgan fingerprint density at radius 2 is 1.88 bits per heavy atom. The molecule has 0 fully saturated rings. The molecule has 0 spiro atoms. The van der Waals surface area contributed by atoms with E-state index in [1.54, 1.807) is 6.20 Å². The van der Waals surface area contributed by atoms with Gasteiger partial charge in [0.05, 0.1) is 18.5 Å². The molecule has 0 aliphatic carbocycles. The van der Waals surface area contributed by atoms with E-state index in [-0.39, 0.29) is 6.61 Å². The highest BCUT2D eigenvalue weighted by Gasteiger charge is 2.12. The number of aryl methyl sites for hydroxylation is 1. The van der Waals surface area contributed by atoms with Crippen LogP contribution in [-0.2, 0) is 25.3 Å². The normalized spacial score (nSPS) is 11.0.